The number of aliphatic hydroxyl groups excluding tert-OH is 2. The summed E-state index contributed by atoms with van der Waals surface area (Å²) in [5, 5.41) is 35.8. The fourth-order valence-corrected chi connectivity index (χ4v) is 6.50. The van der Waals surface area contributed by atoms with Crippen LogP contribution in [-0.4, -0.2) is 33.3 Å². The molecule has 2 bridgehead atoms. The monoisotopic (exact) mass is 335 g/mol. The topological polar surface area (TPSA) is 73.1 Å². The van der Waals surface area contributed by atoms with Crippen molar-refractivity contribution in [1.29, 1.82) is 0 Å². The van der Waals surface area contributed by atoms with Crippen LogP contribution in [0.25, 0.3) is 0 Å². The van der Waals surface area contributed by atoms with Gasteiger partial charge in [-0.05, 0) is 49.4 Å². The van der Waals surface area contributed by atoms with E-state index in [4.69, 9.17) is 0 Å². The average molecular weight is 335 g/mol. The Kier molecular flexibility index (Phi) is 4.16. The van der Waals surface area contributed by atoms with Crippen LogP contribution in [0.15, 0.2) is 17.8 Å². The summed E-state index contributed by atoms with van der Waals surface area (Å²) in [6.07, 6.45) is 4.97. The number of hydrogen-bond donors (Lipinski definition) is 3. The van der Waals surface area contributed by atoms with Crippen molar-refractivity contribution >= 4 is 5.71 Å². The van der Waals surface area contributed by atoms with Gasteiger partial charge in [-0.1, -0.05) is 38.9 Å². The van der Waals surface area contributed by atoms with E-state index < -0.39 is 17.6 Å². The molecule has 0 aromatic heterocycles. The van der Waals surface area contributed by atoms with Crippen molar-refractivity contribution in [3.8, 4) is 0 Å². The number of oxime groups is 1. The highest BCUT2D eigenvalue weighted by molar-refractivity contribution is 5.90. The third-order valence-corrected chi connectivity index (χ3v) is 8.48. The van der Waals surface area contributed by atoms with Crippen LogP contribution < -0.4 is 0 Å². The van der Waals surface area contributed by atoms with Gasteiger partial charge < -0.3 is 15.4 Å². The summed E-state index contributed by atoms with van der Waals surface area (Å²) in [7, 11) is 0. The van der Waals surface area contributed by atoms with Crippen molar-refractivity contribution < 1.29 is 15.4 Å². The van der Waals surface area contributed by atoms with Crippen molar-refractivity contribution in [2.45, 2.75) is 72.0 Å². The maximum absolute atomic E-state index is 11.3. The lowest BCUT2D eigenvalue weighted by atomic mass is 9.44. The van der Waals surface area contributed by atoms with Crippen LogP contribution in [0.4, 0.5) is 0 Å². The first kappa shape index (κ1) is 17.9. The summed E-state index contributed by atoms with van der Waals surface area (Å²) >= 11 is 0. The van der Waals surface area contributed by atoms with Gasteiger partial charge in [-0.3, -0.25) is 0 Å². The quantitative estimate of drug-likeness (QED) is 0.389. The molecule has 4 nitrogen and oxygen atoms in total. The lowest BCUT2D eigenvalue weighted by Crippen LogP contribution is -2.62. The van der Waals surface area contributed by atoms with Gasteiger partial charge in [0.1, 0.15) is 0 Å². The first-order chi connectivity index (χ1) is 11.2. The Labute approximate surface area is 145 Å². The summed E-state index contributed by atoms with van der Waals surface area (Å²) in [5.74, 6) is 0.453. The highest BCUT2D eigenvalue weighted by Gasteiger charge is 2.66. The predicted octanol–water partition coefficient (Wildman–Crippen LogP) is 3.60. The molecular weight excluding hydrogens is 302 g/mol. The molecule has 3 saturated carbocycles. The van der Waals surface area contributed by atoms with Crippen molar-refractivity contribution in [2.75, 3.05) is 0 Å². The van der Waals surface area contributed by atoms with Crippen molar-refractivity contribution in [3.05, 3.63) is 12.7 Å². The molecule has 0 aromatic carbocycles. The molecule has 0 spiro atoms. The van der Waals surface area contributed by atoms with Gasteiger partial charge in [0.05, 0.1) is 17.9 Å². The first-order valence-electron chi connectivity index (χ1n) is 9.38. The van der Waals surface area contributed by atoms with Gasteiger partial charge in [-0.15, -0.1) is 6.58 Å². The minimum Gasteiger partial charge on any atom is -0.411 e. The molecule has 8 atom stereocenters. The zero-order valence-corrected chi connectivity index (χ0v) is 15.5. The molecular formula is C20H33NO3. The second kappa shape index (κ2) is 5.57. The van der Waals surface area contributed by atoms with Gasteiger partial charge >= 0.3 is 0 Å². The van der Waals surface area contributed by atoms with Crippen molar-refractivity contribution in [1.82, 2.24) is 0 Å². The first-order valence-corrected chi connectivity index (χ1v) is 9.38. The second-order valence-electron chi connectivity index (χ2n) is 9.23. The van der Waals surface area contributed by atoms with Crippen LogP contribution in [0.2, 0.25) is 0 Å². The highest BCUT2D eigenvalue weighted by Crippen LogP contribution is 2.67. The summed E-state index contributed by atoms with van der Waals surface area (Å²) in [6, 6.07) is 0. The van der Waals surface area contributed by atoms with E-state index >= 15 is 0 Å². The van der Waals surface area contributed by atoms with E-state index in [1.807, 2.05) is 13.0 Å². The van der Waals surface area contributed by atoms with E-state index in [0.29, 0.717) is 12.3 Å². The minimum atomic E-state index is -0.558. The van der Waals surface area contributed by atoms with Crippen LogP contribution in [0.5, 0.6) is 0 Å². The molecule has 0 amide bonds. The number of rotatable bonds is 1. The standard InChI is InChI=1S/C20H33NO3/c1-6-18(4)11-15(22)19(5)12(2)7-9-20(13(3)17(18)23)10-8-14(21-24)16(19)20/h6,12-13,15-17,22-24H,1,7-11H2,2-5H3/b21-14+/t12-,13+,15-,16+,17+,18-,19+,20+/m1/s1. The zero-order chi connectivity index (χ0) is 17.9. The van der Waals surface area contributed by atoms with Gasteiger partial charge in [0.15, 0.2) is 0 Å². The lowest BCUT2D eigenvalue weighted by molar-refractivity contribution is -0.176. The Balaban J connectivity index is 2.23. The third kappa shape index (κ3) is 2.02. The highest BCUT2D eigenvalue weighted by atomic mass is 16.4. The Bertz CT molecular complexity index is 561. The molecule has 0 aliphatic heterocycles. The second-order valence-corrected chi connectivity index (χ2v) is 9.23. The van der Waals surface area contributed by atoms with E-state index in [1.165, 1.54) is 0 Å². The van der Waals surface area contributed by atoms with Crippen molar-refractivity contribution in [2.24, 2.45) is 39.2 Å². The Morgan fingerprint density at radius 2 is 1.88 bits per heavy atom. The fraction of sp³-hybridized carbons (Fsp3) is 0.850. The molecule has 0 aromatic rings. The molecule has 136 valence electrons. The maximum Gasteiger partial charge on any atom is 0.0660 e. The number of hydrogen-bond acceptors (Lipinski definition) is 4. The molecule has 3 aliphatic carbocycles. The molecule has 3 fully saturated rings. The van der Waals surface area contributed by atoms with E-state index in [0.717, 1.165) is 31.4 Å². The van der Waals surface area contributed by atoms with Gasteiger partial charge in [-0.2, -0.15) is 0 Å². The molecule has 0 unspecified atom stereocenters. The Morgan fingerprint density at radius 3 is 2.46 bits per heavy atom. The Hall–Kier alpha value is -0.870. The summed E-state index contributed by atoms with van der Waals surface area (Å²) in [6.45, 7) is 12.5. The average Bonchev–Trinajstić information content (AvgIpc) is 2.96. The fourth-order valence-electron chi connectivity index (χ4n) is 6.50. The SMILES string of the molecule is C=C[C@]1(C)C[C@@H](O)[C@]2(C)[C@H](C)CC[C@]3(CC/C(=N\O)[C@H]32)[C@@H](C)[C@@H]1O. The van der Waals surface area contributed by atoms with E-state index in [1.54, 1.807) is 0 Å². The normalized spacial score (nSPS) is 56.4. The third-order valence-electron chi connectivity index (χ3n) is 8.48. The number of aliphatic hydroxyl groups is 2. The van der Waals surface area contributed by atoms with E-state index in [9.17, 15) is 15.4 Å². The molecule has 0 saturated heterocycles. The minimum absolute atomic E-state index is 0.0350. The number of nitrogens with zero attached hydrogens (tertiary/aromatic N) is 1. The molecule has 3 N–H and O–H groups in total. The molecule has 0 heterocycles. The lowest BCUT2D eigenvalue weighted by Gasteiger charge is -2.61. The van der Waals surface area contributed by atoms with Crippen LogP contribution in [0, 0.1) is 34.0 Å². The molecule has 4 heteroatoms. The van der Waals surface area contributed by atoms with Crippen LogP contribution in [0.1, 0.15) is 59.8 Å². The summed E-state index contributed by atoms with van der Waals surface area (Å²) in [5.41, 5.74) is -0.124. The van der Waals surface area contributed by atoms with Crippen LogP contribution in [-0.2, 0) is 0 Å². The zero-order valence-electron chi connectivity index (χ0n) is 15.5. The molecule has 0 radical (unpaired) electrons. The molecule has 24 heavy (non-hydrogen) atoms. The summed E-state index contributed by atoms with van der Waals surface area (Å²) in [4.78, 5) is 0. The largest absolute Gasteiger partial charge is 0.411 e. The molecule has 3 aliphatic rings. The predicted molar refractivity (Wildman–Crippen MR) is 95.0 cm³/mol. The van der Waals surface area contributed by atoms with Gasteiger partial charge in [-0.25, -0.2) is 0 Å². The van der Waals surface area contributed by atoms with Crippen LogP contribution >= 0.6 is 0 Å². The van der Waals surface area contributed by atoms with E-state index in [2.05, 4.69) is 32.5 Å². The van der Waals surface area contributed by atoms with Crippen molar-refractivity contribution in [3.63, 3.8) is 0 Å². The smallest absolute Gasteiger partial charge is 0.0660 e. The van der Waals surface area contributed by atoms with Crippen LogP contribution in [0.3, 0.4) is 0 Å². The van der Waals surface area contributed by atoms with Gasteiger partial charge in [0, 0.05) is 16.7 Å². The maximum atomic E-state index is 11.3. The van der Waals surface area contributed by atoms with Gasteiger partial charge in [0.2, 0.25) is 0 Å². The summed E-state index contributed by atoms with van der Waals surface area (Å²) < 4.78 is 0. The molecule has 3 rings (SSSR count). The van der Waals surface area contributed by atoms with Gasteiger partial charge in [0.25, 0.3) is 0 Å². The Morgan fingerprint density at radius 1 is 1.21 bits per heavy atom. The van der Waals surface area contributed by atoms with E-state index in [-0.39, 0.29) is 22.7 Å².